The third-order valence-electron chi connectivity index (χ3n) is 4.74. The van der Waals surface area contributed by atoms with Crippen LogP contribution < -0.4 is 4.90 Å². The second-order valence-electron chi connectivity index (χ2n) is 6.79. The Morgan fingerprint density at radius 3 is 2.19 bits per heavy atom. The van der Waals surface area contributed by atoms with Crippen LogP contribution in [0.25, 0.3) is 0 Å². The topological polar surface area (TPSA) is 53.5 Å². The first kappa shape index (κ1) is 23.6. The average molecular weight is 488 g/mol. The lowest BCUT2D eigenvalue weighted by molar-refractivity contribution is -0.138. The predicted molar refractivity (Wildman–Crippen MR) is 101 cm³/mol. The zero-order valence-corrected chi connectivity index (χ0v) is 17.3. The monoisotopic (exact) mass is 487 g/mol. The molecule has 0 spiro atoms. The molecule has 2 aromatic rings. The van der Waals surface area contributed by atoms with E-state index in [4.69, 9.17) is 11.6 Å². The molecular formula is C18H16ClF6N3O2S. The van der Waals surface area contributed by atoms with Crippen molar-refractivity contribution in [1.29, 1.82) is 0 Å². The molecule has 0 saturated carbocycles. The van der Waals surface area contributed by atoms with Crippen LogP contribution >= 0.6 is 11.6 Å². The Morgan fingerprint density at radius 2 is 1.61 bits per heavy atom. The van der Waals surface area contributed by atoms with Crippen molar-refractivity contribution < 1.29 is 34.8 Å². The van der Waals surface area contributed by atoms with Gasteiger partial charge >= 0.3 is 12.4 Å². The highest BCUT2D eigenvalue weighted by Crippen LogP contribution is 2.36. The van der Waals surface area contributed by atoms with E-state index in [1.807, 2.05) is 0 Å². The van der Waals surface area contributed by atoms with Crippen LogP contribution in [0.5, 0.6) is 0 Å². The van der Waals surface area contributed by atoms with Crippen LogP contribution in [0.1, 0.15) is 17.5 Å². The second kappa shape index (κ2) is 8.47. The van der Waals surface area contributed by atoms with Gasteiger partial charge in [0.15, 0.2) is 0 Å². The number of rotatable bonds is 3. The number of nitrogens with zero attached hydrogens (tertiary/aromatic N) is 3. The summed E-state index contributed by atoms with van der Waals surface area (Å²) in [5, 5.41) is -0.609. The van der Waals surface area contributed by atoms with E-state index in [2.05, 4.69) is 4.98 Å². The molecule has 170 valence electrons. The summed E-state index contributed by atoms with van der Waals surface area (Å²) >= 11 is 5.56. The molecule has 0 N–H and O–H groups in total. The summed E-state index contributed by atoms with van der Waals surface area (Å²) in [7, 11) is -4.24. The third kappa shape index (κ3) is 5.24. The zero-order valence-electron chi connectivity index (χ0n) is 15.7. The van der Waals surface area contributed by atoms with Crippen LogP contribution in [0.4, 0.5) is 32.2 Å². The summed E-state index contributed by atoms with van der Waals surface area (Å²) < 4.78 is 104. The SMILES string of the molecule is O=S(=O)(c1ccc(Cl)c(C(F)(F)F)c1)N1CCCN(c2ccc(C(F)(F)F)cn2)CC1. The first-order chi connectivity index (χ1) is 14.3. The number of anilines is 1. The summed E-state index contributed by atoms with van der Waals surface area (Å²) in [6.07, 6.45) is -8.34. The van der Waals surface area contributed by atoms with Crippen LogP contribution in [0.2, 0.25) is 5.02 Å². The minimum absolute atomic E-state index is 0.0312. The normalized spacial score (nSPS) is 16.9. The van der Waals surface area contributed by atoms with Gasteiger partial charge in [0.25, 0.3) is 0 Å². The molecule has 1 fully saturated rings. The van der Waals surface area contributed by atoms with E-state index in [0.29, 0.717) is 25.2 Å². The number of pyridine rings is 1. The minimum Gasteiger partial charge on any atom is -0.355 e. The Balaban J connectivity index is 1.79. The zero-order chi connectivity index (χ0) is 23.0. The lowest BCUT2D eigenvalue weighted by Crippen LogP contribution is -2.35. The van der Waals surface area contributed by atoms with E-state index in [1.165, 1.54) is 6.07 Å². The molecule has 1 aliphatic rings. The highest BCUT2D eigenvalue weighted by atomic mass is 35.5. The van der Waals surface area contributed by atoms with Crippen LogP contribution in [-0.4, -0.2) is 43.9 Å². The number of hydrogen-bond donors (Lipinski definition) is 0. The molecule has 1 saturated heterocycles. The van der Waals surface area contributed by atoms with Gasteiger partial charge in [-0.2, -0.15) is 30.6 Å². The quantitative estimate of drug-likeness (QED) is 0.590. The molecule has 1 aromatic heterocycles. The molecule has 31 heavy (non-hydrogen) atoms. The summed E-state index contributed by atoms with van der Waals surface area (Å²) in [6.45, 7) is 0.384. The van der Waals surface area contributed by atoms with E-state index < -0.39 is 43.4 Å². The average Bonchev–Trinajstić information content (AvgIpc) is 2.93. The lowest BCUT2D eigenvalue weighted by Gasteiger charge is -2.23. The van der Waals surface area contributed by atoms with Gasteiger partial charge in [0.05, 0.1) is 21.0 Å². The molecule has 2 heterocycles. The first-order valence-electron chi connectivity index (χ1n) is 8.95. The molecule has 0 unspecified atom stereocenters. The molecule has 1 aromatic carbocycles. The first-order valence-corrected chi connectivity index (χ1v) is 10.8. The molecule has 3 rings (SSSR count). The van der Waals surface area contributed by atoms with Gasteiger partial charge in [0, 0.05) is 32.4 Å². The Hall–Kier alpha value is -2.05. The molecule has 5 nitrogen and oxygen atoms in total. The highest BCUT2D eigenvalue weighted by molar-refractivity contribution is 7.89. The van der Waals surface area contributed by atoms with Crippen molar-refractivity contribution in [3.63, 3.8) is 0 Å². The molecule has 0 aliphatic carbocycles. The van der Waals surface area contributed by atoms with Crippen molar-refractivity contribution in [1.82, 2.24) is 9.29 Å². The van der Waals surface area contributed by atoms with Gasteiger partial charge in [-0.25, -0.2) is 13.4 Å². The summed E-state index contributed by atoms with van der Waals surface area (Å²) in [5.74, 6) is 0.248. The van der Waals surface area contributed by atoms with Crippen molar-refractivity contribution >= 4 is 27.4 Å². The fourth-order valence-electron chi connectivity index (χ4n) is 3.14. The van der Waals surface area contributed by atoms with Gasteiger partial charge in [0.2, 0.25) is 10.0 Å². The van der Waals surface area contributed by atoms with E-state index in [1.54, 1.807) is 4.90 Å². The summed E-state index contributed by atoms with van der Waals surface area (Å²) in [4.78, 5) is 4.89. The van der Waals surface area contributed by atoms with Crippen molar-refractivity contribution in [3.05, 3.63) is 52.7 Å². The predicted octanol–water partition coefficient (Wildman–Crippen LogP) is 4.67. The van der Waals surface area contributed by atoms with Crippen LogP contribution in [0.3, 0.4) is 0 Å². The van der Waals surface area contributed by atoms with Gasteiger partial charge in [-0.15, -0.1) is 0 Å². The Kier molecular flexibility index (Phi) is 6.45. The second-order valence-corrected chi connectivity index (χ2v) is 9.13. The fraction of sp³-hybridized carbons (Fsp3) is 0.389. The number of benzene rings is 1. The van der Waals surface area contributed by atoms with Crippen molar-refractivity contribution in [2.24, 2.45) is 0 Å². The van der Waals surface area contributed by atoms with Gasteiger partial charge in [-0.05, 0) is 36.8 Å². The molecule has 1 aliphatic heterocycles. The molecule has 13 heteroatoms. The van der Waals surface area contributed by atoms with Gasteiger partial charge < -0.3 is 4.90 Å². The Labute approximate surface area is 179 Å². The lowest BCUT2D eigenvalue weighted by atomic mass is 10.2. The van der Waals surface area contributed by atoms with E-state index in [9.17, 15) is 34.8 Å². The van der Waals surface area contributed by atoms with Crippen molar-refractivity contribution in [3.8, 4) is 0 Å². The standard InChI is InChI=1S/C18H16ClF6N3O2S/c19-15-4-3-13(10-14(15)18(23,24)25)31(29,30)28-7-1-6-27(8-9-28)16-5-2-12(11-26-16)17(20,21)22/h2-5,10-11H,1,6-9H2. The van der Waals surface area contributed by atoms with Crippen LogP contribution in [0.15, 0.2) is 41.4 Å². The summed E-state index contributed by atoms with van der Waals surface area (Å²) in [6, 6.07) is 4.47. The number of aromatic nitrogens is 1. The largest absolute Gasteiger partial charge is 0.417 e. The number of halogens is 7. The van der Waals surface area contributed by atoms with E-state index in [-0.39, 0.29) is 25.5 Å². The van der Waals surface area contributed by atoms with Crippen LogP contribution in [-0.2, 0) is 22.4 Å². The Morgan fingerprint density at radius 1 is 0.903 bits per heavy atom. The van der Waals surface area contributed by atoms with E-state index >= 15 is 0 Å². The minimum atomic E-state index is -4.81. The summed E-state index contributed by atoms with van der Waals surface area (Å²) in [5.41, 5.74) is -2.15. The third-order valence-corrected chi connectivity index (χ3v) is 6.96. The number of alkyl halides is 6. The van der Waals surface area contributed by atoms with Crippen LogP contribution in [0, 0.1) is 0 Å². The van der Waals surface area contributed by atoms with Gasteiger partial charge in [-0.1, -0.05) is 11.6 Å². The molecule has 0 bridgehead atoms. The molecular weight excluding hydrogens is 472 g/mol. The van der Waals surface area contributed by atoms with Gasteiger partial charge in [0.1, 0.15) is 5.82 Å². The maximum Gasteiger partial charge on any atom is 0.417 e. The molecule has 0 amide bonds. The fourth-order valence-corrected chi connectivity index (χ4v) is 4.86. The number of hydrogen-bond acceptors (Lipinski definition) is 4. The number of sulfonamides is 1. The molecule has 0 radical (unpaired) electrons. The van der Waals surface area contributed by atoms with Gasteiger partial charge in [-0.3, -0.25) is 0 Å². The highest BCUT2D eigenvalue weighted by Gasteiger charge is 2.36. The maximum absolute atomic E-state index is 13.1. The Bertz CT molecular complexity index is 1040. The molecule has 0 atom stereocenters. The van der Waals surface area contributed by atoms with E-state index in [0.717, 1.165) is 22.5 Å². The van der Waals surface area contributed by atoms with Crippen molar-refractivity contribution in [2.45, 2.75) is 23.7 Å². The smallest absolute Gasteiger partial charge is 0.355 e. The van der Waals surface area contributed by atoms with Crippen molar-refractivity contribution in [2.75, 3.05) is 31.1 Å². The maximum atomic E-state index is 13.1.